The van der Waals surface area contributed by atoms with Crippen LogP contribution in [0.25, 0.3) is 22.3 Å². The second-order valence-corrected chi connectivity index (χ2v) is 17.7. The largest absolute Gasteiger partial charge is 0.406 e. The third-order valence-electron chi connectivity index (χ3n) is 10.5. The van der Waals surface area contributed by atoms with E-state index < -0.39 is 0 Å². The molecule has 0 unspecified atom stereocenters. The number of anilines is 1. The normalized spacial score (nSPS) is 15.8. The summed E-state index contributed by atoms with van der Waals surface area (Å²) in [4.78, 5) is 0. The molecule has 0 saturated heterocycles. The summed E-state index contributed by atoms with van der Waals surface area (Å²) in [5, 5.41) is 1.75. The fourth-order valence-electron chi connectivity index (χ4n) is 7.89. The summed E-state index contributed by atoms with van der Waals surface area (Å²) in [5.41, 5.74) is 18.4. The molecule has 2 fully saturated rings. The number of benzene rings is 4. The second kappa shape index (κ2) is 18.7. The van der Waals surface area contributed by atoms with Crippen LogP contribution in [0.2, 0.25) is 0 Å². The average Bonchev–Trinajstić information content (AvgIpc) is 3.10. The molecule has 1 nitrogen and oxygen atoms in total. The molecule has 0 amide bonds. The van der Waals surface area contributed by atoms with Crippen molar-refractivity contribution < 1.29 is 20.4 Å². The predicted molar refractivity (Wildman–Crippen MR) is 210 cm³/mol. The minimum atomic E-state index is -0.120. The number of para-hydroxylation sites is 1. The molecule has 3 heteroatoms. The van der Waals surface area contributed by atoms with Crippen molar-refractivity contribution in [3.8, 4) is 22.3 Å². The Morgan fingerprint density at radius 2 is 1.10 bits per heavy atom. The first-order valence-electron chi connectivity index (χ1n) is 18.6. The molecular weight excluding hydrogens is 692 g/mol. The Kier molecular flexibility index (Phi) is 15.0. The van der Waals surface area contributed by atoms with E-state index in [2.05, 4.69) is 84.0 Å². The van der Waals surface area contributed by atoms with Crippen LogP contribution in [-0.2, 0) is 20.4 Å². The molecule has 0 radical (unpaired) electrons. The van der Waals surface area contributed by atoms with Gasteiger partial charge in [-0.3, -0.25) is 0 Å². The van der Waals surface area contributed by atoms with E-state index in [1.807, 2.05) is 48.5 Å². The molecule has 4 aromatic rings. The zero-order chi connectivity index (χ0) is 33.3. The summed E-state index contributed by atoms with van der Waals surface area (Å²) in [7, 11) is -0.120. The molecule has 0 heterocycles. The molecule has 0 aromatic heterocycles. The summed E-state index contributed by atoms with van der Waals surface area (Å²) in [5.74, 6) is 1.64. The van der Waals surface area contributed by atoms with Gasteiger partial charge in [0.2, 0.25) is 0 Å². The Balaban J connectivity index is 0.000000310. The van der Waals surface area contributed by atoms with E-state index in [-0.39, 0.29) is 28.3 Å². The standard InChI is InChI=1S/C33H49P.C12H10N.Pd/c1-23(2)26-21-30(24(3)4)33(31(22-26)25(5)6)29-19-13-14-20-32(29)34(27-15-9-7-10-16-27)28-17-11-8-12-18-28;13-12-9-5-4-8-11(12)10-6-2-1-3-7-10;/h13-14,19-25,27-28H,7-12,15-18H2,1-6H3;1-6,8-9H,13H2;/q;-1;. The van der Waals surface area contributed by atoms with Crippen molar-refractivity contribution in [1.82, 2.24) is 0 Å². The van der Waals surface area contributed by atoms with E-state index in [0.29, 0.717) is 17.8 Å². The van der Waals surface area contributed by atoms with Gasteiger partial charge < -0.3 is 5.73 Å². The quantitative estimate of drug-likeness (QED) is 0.0825. The smallest absolute Gasteiger partial charge is 0 e. The average molecular weight is 751 g/mol. The molecule has 2 N–H and O–H groups in total. The van der Waals surface area contributed by atoms with Crippen molar-refractivity contribution in [3.63, 3.8) is 0 Å². The van der Waals surface area contributed by atoms with Gasteiger partial charge in [0, 0.05) is 20.4 Å². The zero-order valence-corrected chi connectivity index (χ0v) is 32.8. The number of hydrogen-bond donors (Lipinski definition) is 1. The van der Waals surface area contributed by atoms with E-state index in [9.17, 15) is 0 Å². The zero-order valence-electron chi connectivity index (χ0n) is 30.4. The fourth-order valence-corrected chi connectivity index (χ4v) is 11.8. The Bertz CT molecular complexity index is 1500. The molecule has 48 heavy (non-hydrogen) atoms. The van der Waals surface area contributed by atoms with Gasteiger partial charge in [0.15, 0.2) is 0 Å². The minimum Gasteiger partial charge on any atom is -0.406 e. The van der Waals surface area contributed by atoms with E-state index >= 15 is 0 Å². The summed E-state index contributed by atoms with van der Waals surface area (Å²) >= 11 is 0. The van der Waals surface area contributed by atoms with Crippen LogP contribution < -0.4 is 11.0 Å². The van der Waals surface area contributed by atoms with Crippen LogP contribution in [0.3, 0.4) is 0 Å². The van der Waals surface area contributed by atoms with Crippen molar-refractivity contribution in [2.24, 2.45) is 0 Å². The van der Waals surface area contributed by atoms with Gasteiger partial charge in [0.25, 0.3) is 0 Å². The maximum Gasteiger partial charge on any atom is 0 e. The van der Waals surface area contributed by atoms with Crippen LogP contribution in [0.1, 0.15) is 140 Å². The van der Waals surface area contributed by atoms with Crippen LogP contribution in [0.4, 0.5) is 5.69 Å². The van der Waals surface area contributed by atoms with Gasteiger partial charge >= 0.3 is 0 Å². The van der Waals surface area contributed by atoms with Crippen LogP contribution in [-0.4, -0.2) is 11.3 Å². The maximum absolute atomic E-state index is 5.83. The monoisotopic (exact) mass is 750 g/mol. The van der Waals surface area contributed by atoms with Gasteiger partial charge in [-0.1, -0.05) is 148 Å². The van der Waals surface area contributed by atoms with Gasteiger partial charge in [-0.2, -0.15) is 0 Å². The molecule has 0 atom stereocenters. The van der Waals surface area contributed by atoms with Crippen LogP contribution in [0.15, 0.2) is 84.9 Å². The minimum absolute atomic E-state index is 0. The Hall–Kier alpha value is -2.23. The number of rotatable bonds is 8. The molecule has 0 bridgehead atoms. The van der Waals surface area contributed by atoms with E-state index in [0.717, 1.165) is 28.1 Å². The fraction of sp³-hybridized carbons (Fsp3) is 0.467. The number of nitrogen functional groups attached to an aromatic ring is 1. The van der Waals surface area contributed by atoms with E-state index in [1.54, 1.807) is 27.6 Å². The van der Waals surface area contributed by atoms with Crippen LogP contribution in [0, 0.1) is 6.07 Å². The van der Waals surface area contributed by atoms with Gasteiger partial charge in [0.05, 0.1) is 0 Å². The Morgan fingerprint density at radius 1 is 0.604 bits per heavy atom. The third-order valence-corrected chi connectivity index (χ3v) is 14.0. The summed E-state index contributed by atoms with van der Waals surface area (Å²) in [6, 6.07) is 33.6. The third kappa shape index (κ3) is 9.51. The maximum atomic E-state index is 5.83. The first-order valence-corrected chi connectivity index (χ1v) is 20.1. The Morgan fingerprint density at radius 3 is 1.58 bits per heavy atom. The summed E-state index contributed by atoms with van der Waals surface area (Å²) in [6.07, 6.45) is 14.6. The van der Waals surface area contributed by atoms with Crippen LogP contribution >= 0.6 is 7.92 Å². The first-order chi connectivity index (χ1) is 22.8. The van der Waals surface area contributed by atoms with Crippen molar-refractivity contribution in [2.45, 2.75) is 135 Å². The second-order valence-electron chi connectivity index (χ2n) is 14.9. The van der Waals surface area contributed by atoms with Crippen molar-refractivity contribution in [3.05, 3.63) is 108 Å². The van der Waals surface area contributed by atoms with Crippen molar-refractivity contribution >= 4 is 18.9 Å². The molecule has 2 saturated carbocycles. The number of hydrogen-bond acceptors (Lipinski definition) is 1. The molecule has 2 aliphatic carbocycles. The number of nitrogens with two attached hydrogens (primary N) is 1. The molecular formula is C45H59NPPd-. The topological polar surface area (TPSA) is 26.0 Å². The van der Waals surface area contributed by atoms with Gasteiger partial charge in [-0.15, -0.1) is 35.9 Å². The van der Waals surface area contributed by atoms with Gasteiger partial charge in [-0.25, -0.2) is 0 Å². The molecule has 6 rings (SSSR count). The van der Waals surface area contributed by atoms with Crippen molar-refractivity contribution in [2.75, 3.05) is 5.73 Å². The van der Waals surface area contributed by atoms with Gasteiger partial charge in [-0.05, 0) is 99.6 Å². The SMILES string of the molecule is CC(C)c1cc(C(C)C)c(-c2ccccc2P(C2CCCCC2)C2CCCCC2)c(C(C)C)c1.Nc1ccccc1-c1[c-]cccc1.[Pd]. The van der Waals surface area contributed by atoms with E-state index in [4.69, 9.17) is 5.73 Å². The van der Waals surface area contributed by atoms with Crippen molar-refractivity contribution in [1.29, 1.82) is 0 Å². The molecule has 2 aliphatic rings. The molecule has 0 aliphatic heterocycles. The van der Waals surface area contributed by atoms with E-state index in [1.165, 1.54) is 69.8 Å². The van der Waals surface area contributed by atoms with Gasteiger partial charge in [0.1, 0.15) is 0 Å². The molecule has 4 aromatic carbocycles. The molecule has 260 valence electrons. The predicted octanol–water partition coefficient (Wildman–Crippen LogP) is 13.2. The first kappa shape index (κ1) is 38.6. The Labute approximate surface area is 308 Å². The summed E-state index contributed by atoms with van der Waals surface area (Å²) in [6.45, 7) is 14.3. The summed E-state index contributed by atoms with van der Waals surface area (Å²) < 4.78 is 0. The molecule has 0 spiro atoms. The van der Waals surface area contributed by atoms with Crippen LogP contribution in [0.5, 0.6) is 0 Å².